The summed E-state index contributed by atoms with van der Waals surface area (Å²) in [5, 5.41) is 8.04. The number of carbonyl (C=O) groups excluding carboxylic acids is 1. The maximum Gasteiger partial charge on any atom is 0.259 e. The minimum Gasteiger partial charge on any atom is -0.378 e. The van der Waals surface area contributed by atoms with E-state index in [1.165, 1.54) is 0 Å². The number of nitrogens with zero attached hydrogens (tertiary/aromatic N) is 5. The molecular formula is C20H19N5O3S. The smallest absolute Gasteiger partial charge is 0.259 e. The van der Waals surface area contributed by atoms with Crippen LogP contribution in [0.15, 0.2) is 45.9 Å². The molecule has 8 nitrogen and oxygen atoms in total. The van der Waals surface area contributed by atoms with Crippen molar-refractivity contribution >= 4 is 28.3 Å². The summed E-state index contributed by atoms with van der Waals surface area (Å²) >= 11 is 1.59. The summed E-state index contributed by atoms with van der Waals surface area (Å²) in [5.41, 5.74) is 3.58. The van der Waals surface area contributed by atoms with Gasteiger partial charge in [-0.2, -0.15) is 16.3 Å². The molecule has 29 heavy (non-hydrogen) atoms. The van der Waals surface area contributed by atoms with Crippen LogP contribution in [-0.4, -0.2) is 56.8 Å². The molecule has 4 aromatic rings. The zero-order valence-electron chi connectivity index (χ0n) is 15.7. The standard InChI is InChI=1S/C20H19N5O3S/c26-18(24-6-8-27-9-7-24)3-5-25-13-21-16-11-14(1-2-17(16)25)19-22-20(28-23-19)15-4-10-29-12-15/h1-2,4,10-13H,3,5-9H2. The molecular weight excluding hydrogens is 390 g/mol. The monoisotopic (exact) mass is 409 g/mol. The summed E-state index contributed by atoms with van der Waals surface area (Å²) in [4.78, 5) is 23.2. The Hall–Kier alpha value is -3.04. The molecule has 0 atom stereocenters. The van der Waals surface area contributed by atoms with E-state index in [2.05, 4.69) is 15.1 Å². The molecule has 1 saturated heterocycles. The van der Waals surface area contributed by atoms with Crippen LogP contribution in [0.5, 0.6) is 0 Å². The van der Waals surface area contributed by atoms with Crippen LogP contribution < -0.4 is 0 Å². The lowest BCUT2D eigenvalue weighted by Crippen LogP contribution is -2.40. The number of hydrogen-bond acceptors (Lipinski definition) is 7. The quantitative estimate of drug-likeness (QED) is 0.504. The third-order valence-electron chi connectivity index (χ3n) is 5.00. The second-order valence-electron chi connectivity index (χ2n) is 6.82. The molecule has 1 amide bonds. The molecule has 1 aliphatic heterocycles. The first kappa shape index (κ1) is 18.0. The molecule has 3 aromatic heterocycles. The minimum absolute atomic E-state index is 0.152. The number of morpholine rings is 1. The van der Waals surface area contributed by atoms with Gasteiger partial charge in [0.1, 0.15) is 0 Å². The van der Waals surface area contributed by atoms with E-state index in [-0.39, 0.29) is 5.91 Å². The Morgan fingerprint density at radius 2 is 2.07 bits per heavy atom. The first-order valence-electron chi connectivity index (χ1n) is 9.45. The number of carbonyl (C=O) groups is 1. The van der Waals surface area contributed by atoms with E-state index in [9.17, 15) is 4.79 Å². The van der Waals surface area contributed by atoms with Crippen LogP contribution in [0.25, 0.3) is 33.9 Å². The first-order valence-corrected chi connectivity index (χ1v) is 10.4. The van der Waals surface area contributed by atoms with Crippen LogP contribution in [-0.2, 0) is 16.1 Å². The average molecular weight is 409 g/mol. The SMILES string of the molecule is O=C(CCn1cnc2cc(-c3noc(-c4ccsc4)n3)ccc21)N1CCOCC1. The molecule has 4 heterocycles. The molecule has 0 N–H and O–H groups in total. The predicted molar refractivity (Wildman–Crippen MR) is 108 cm³/mol. The third kappa shape index (κ3) is 3.66. The Morgan fingerprint density at radius 3 is 2.90 bits per heavy atom. The maximum atomic E-state index is 12.4. The van der Waals surface area contributed by atoms with E-state index in [1.807, 2.05) is 44.5 Å². The van der Waals surface area contributed by atoms with E-state index < -0.39 is 0 Å². The molecule has 0 radical (unpaired) electrons. The fraction of sp³-hybridized carbons (Fsp3) is 0.300. The number of rotatable bonds is 5. The Bertz CT molecular complexity index is 1130. The highest BCUT2D eigenvalue weighted by Gasteiger charge is 2.17. The normalized spacial score (nSPS) is 14.6. The molecule has 0 spiro atoms. The van der Waals surface area contributed by atoms with Crippen molar-refractivity contribution in [3.63, 3.8) is 0 Å². The molecule has 5 rings (SSSR count). The van der Waals surface area contributed by atoms with Crippen molar-refractivity contribution in [3.05, 3.63) is 41.4 Å². The lowest BCUT2D eigenvalue weighted by molar-refractivity contribution is -0.135. The van der Waals surface area contributed by atoms with E-state index >= 15 is 0 Å². The van der Waals surface area contributed by atoms with E-state index in [1.54, 1.807) is 17.7 Å². The van der Waals surface area contributed by atoms with Crippen LogP contribution in [0.1, 0.15) is 6.42 Å². The van der Waals surface area contributed by atoms with Gasteiger partial charge in [-0.25, -0.2) is 4.98 Å². The van der Waals surface area contributed by atoms with Crippen molar-refractivity contribution in [2.75, 3.05) is 26.3 Å². The number of benzene rings is 1. The number of amides is 1. The zero-order valence-corrected chi connectivity index (χ0v) is 16.5. The van der Waals surface area contributed by atoms with Crippen molar-refractivity contribution in [2.24, 2.45) is 0 Å². The minimum atomic E-state index is 0.152. The molecule has 0 unspecified atom stereocenters. The van der Waals surface area contributed by atoms with Crippen molar-refractivity contribution in [3.8, 4) is 22.8 Å². The fourth-order valence-corrected chi connectivity index (χ4v) is 4.04. The molecule has 0 aliphatic carbocycles. The van der Waals surface area contributed by atoms with Gasteiger partial charge in [-0.3, -0.25) is 4.79 Å². The number of aromatic nitrogens is 4. The summed E-state index contributed by atoms with van der Waals surface area (Å²) in [7, 11) is 0. The highest BCUT2D eigenvalue weighted by Crippen LogP contribution is 2.26. The van der Waals surface area contributed by atoms with Crippen LogP contribution >= 0.6 is 11.3 Å². The fourth-order valence-electron chi connectivity index (χ4n) is 3.41. The Labute approximate surface area is 170 Å². The van der Waals surface area contributed by atoms with Crippen molar-refractivity contribution in [1.82, 2.24) is 24.6 Å². The van der Waals surface area contributed by atoms with Gasteiger partial charge in [-0.05, 0) is 29.6 Å². The number of aryl methyl sites for hydroxylation is 1. The highest BCUT2D eigenvalue weighted by atomic mass is 32.1. The van der Waals surface area contributed by atoms with Gasteiger partial charge in [0, 0.05) is 37.0 Å². The first-order chi connectivity index (χ1) is 14.3. The maximum absolute atomic E-state index is 12.4. The average Bonchev–Trinajstić information content (AvgIpc) is 3.52. The molecule has 148 valence electrons. The highest BCUT2D eigenvalue weighted by molar-refractivity contribution is 7.08. The number of hydrogen-bond donors (Lipinski definition) is 0. The molecule has 1 aromatic carbocycles. The summed E-state index contributed by atoms with van der Waals surface area (Å²) in [6.45, 7) is 3.17. The topological polar surface area (TPSA) is 86.3 Å². The van der Waals surface area contributed by atoms with Gasteiger partial charge in [0.25, 0.3) is 5.89 Å². The van der Waals surface area contributed by atoms with E-state index in [0.717, 1.165) is 22.2 Å². The van der Waals surface area contributed by atoms with Crippen LogP contribution in [0.2, 0.25) is 0 Å². The summed E-state index contributed by atoms with van der Waals surface area (Å²) in [6.07, 6.45) is 2.22. The van der Waals surface area contributed by atoms with E-state index in [4.69, 9.17) is 9.26 Å². The van der Waals surface area contributed by atoms with E-state index in [0.29, 0.717) is 51.0 Å². The summed E-state index contributed by atoms with van der Waals surface area (Å²) in [5.74, 6) is 1.19. The zero-order chi connectivity index (χ0) is 19.6. The Kier molecular flexibility index (Phi) is 4.82. The van der Waals surface area contributed by atoms with Crippen molar-refractivity contribution in [2.45, 2.75) is 13.0 Å². The molecule has 0 bridgehead atoms. The van der Waals surface area contributed by atoms with Gasteiger partial charge in [0.05, 0.1) is 36.1 Å². The summed E-state index contributed by atoms with van der Waals surface area (Å²) in [6, 6.07) is 7.83. The largest absolute Gasteiger partial charge is 0.378 e. The van der Waals surface area contributed by atoms with Gasteiger partial charge in [0.2, 0.25) is 11.7 Å². The van der Waals surface area contributed by atoms with Crippen LogP contribution in [0.4, 0.5) is 0 Å². The van der Waals surface area contributed by atoms with Gasteiger partial charge in [0.15, 0.2) is 0 Å². The van der Waals surface area contributed by atoms with Crippen molar-refractivity contribution in [1.29, 1.82) is 0 Å². The van der Waals surface area contributed by atoms with Gasteiger partial charge in [-0.1, -0.05) is 5.16 Å². The molecule has 1 aliphatic rings. The second-order valence-corrected chi connectivity index (χ2v) is 7.60. The van der Waals surface area contributed by atoms with Crippen LogP contribution in [0, 0.1) is 0 Å². The molecule has 1 fully saturated rings. The van der Waals surface area contributed by atoms with Gasteiger partial charge < -0.3 is 18.7 Å². The lowest BCUT2D eigenvalue weighted by Gasteiger charge is -2.26. The van der Waals surface area contributed by atoms with Crippen LogP contribution in [0.3, 0.4) is 0 Å². The second kappa shape index (κ2) is 7.76. The Morgan fingerprint density at radius 1 is 1.17 bits per heavy atom. The lowest BCUT2D eigenvalue weighted by atomic mass is 10.2. The van der Waals surface area contributed by atoms with Crippen molar-refractivity contribution < 1.29 is 14.1 Å². The Balaban J connectivity index is 1.31. The number of fused-ring (bicyclic) bond motifs is 1. The molecule has 9 heteroatoms. The predicted octanol–water partition coefficient (Wildman–Crippen LogP) is 3.06. The van der Waals surface area contributed by atoms with Gasteiger partial charge in [-0.15, -0.1) is 0 Å². The number of thiophene rings is 1. The summed E-state index contributed by atoms with van der Waals surface area (Å²) < 4.78 is 12.7. The number of imidazole rings is 1. The number of ether oxygens (including phenoxy) is 1. The molecule has 0 saturated carbocycles. The third-order valence-corrected chi connectivity index (χ3v) is 5.69. The van der Waals surface area contributed by atoms with Gasteiger partial charge >= 0.3 is 0 Å².